The summed E-state index contributed by atoms with van der Waals surface area (Å²) in [5.41, 5.74) is 1.99. The van der Waals surface area contributed by atoms with Gasteiger partial charge in [-0.15, -0.1) is 0 Å². The van der Waals surface area contributed by atoms with E-state index in [0.717, 1.165) is 22.6 Å². The standard InChI is InChI=1S/C27H28N2O4/c1-4-33-23-15-11-21(12-16-23)29-25(30)24-8-6-5-7-20(24)17-27(29,2)26(31)28-18-19-9-13-22(32-3)14-10-19/h5-16H,4,17-18H2,1-3H3,(H,28,31)/t27-/m1/s1. The molecule has 1 aliphatic heterocycles. The minimum Gasteiger partial charge on any atom is -0.497 e. The second-order valence-corrected chi connectivity index (χ2v) is 8.21. The van der Waals surface area contributed by atoms with Gasteiger partial charge in [0.05, 0.1) is 13.7 Å². The number of carbonyl (C=O) groups is 2. The van der Waals surface area contributed by atoms with Crippen molar-refractivity contribution < 1.29 is 19.1 Å². The van der Waals surface area contributed by atoms with E-state index >= 15 is 0 Å². The molecule has 0 saturated carbocycles. The zero-order chi connectivity index (χ0) is 23.4. The van der Waals surface area contributed by atoms with Crippen LogP contribution < -0.4 is 19.7 Å². The molecule has 0 spiro atoms. The molecule has 1 N–H and O–H groups in total. The van der Waals surface area contributed by atoms with Gasteiger partial charge < -0.3 is 14.8 Å². The van der Waals surface area contributed by atoms with Crippen LogP contribution in [-0.4, -0.2) is 31.1 Å². The first-order valence-corrected chi connectivity index (χ1v) is 11.0. The minimum atomic E-state index is -1.09. The fourth-order valence-corrected chi connectivity index (χ4v) is 4.24. The number of amides is 2. The Morgan fingerprint density at radius 2 is 1.67 bits per heavy atom. The molecule has 6 nitrogen and oxygen atoms in total. The first-order valence-electron chi connectivity index (χ1n) is 11.0. The molecule has 0 bridgehead atoms. The maximum atomic E-state index is 13.6. The maximum absolute atomic E-state index is 13.6. The van der Waals surface area contributed by atoms with Crippen LogP contribution in [0.25, 0.3) is 0 Å². The summed E-state index contributed by atoms with van der Waals surface area (Å²) >= 11 is 0. The van der Waals surface area contributed by atoms with Crippen molar-refractivity contribution in [2.24, 2.45) is 0 Å². The quantitative estimate of drug-likeness (QED) is 0.588. The second-order valence-electron chi connectivity index (χ2n) is 8.21. The van der Waals surface area contributed by atoms with E-state index < -0.39 is 5.54 Å². The number of hydrogen-bond acceptors (Lipinski definition) is 4. The topological polar surface area (TPSA) is 67.9 Å². The van der Waals surface area contributed by atoms with Crippen LogP contribution in [0.5, 0.6) is 11.5 Å². The fraction of sp³-hybridized carbons (Fsp3) is 0.259. The molecular formula is C27H28N2O4. The first kappa shape index (κ1) is 22.4. The van der Waals surface area contributed by atoms with Crippen molar-refractivity contribution in [3.8, 4) is 11.5 Å². The molecule has 3 aromatic carbocycles. The van der Waals surface area contributed by atoms with Crippen molar-refractivity contribution in [2.45, 2.75) is 32.4 Å². The molecule has 4 rings (SSSR count). The summed E-state index contributed by atoms with van der Waals surface area (Å²) in [6.45, 7) is 4.65. The number of ether oxygens (including phenoxy) is 2. The number of hydrogen-bond donors (Lipinski definition) is 1. The van der Waals surface area contributed by atoms with Gasteiger partial charge in [-0.1, -0.05) is 30.3 Å². The van der Waals surface area contributed by atoms with E-state index in [1.807, 2.05) is 86.6 Å². The number of anilines is 1. The van der Waals surface area contributed by atoms with Gasteiger partial charge in [0.1, 0.15) is 17.0 Å². The summed E-state index contributed by atoms with van der Waals surface area (Å²) in [5, 5.41) is 3.03. The predicted octanol–water partition coefficient (Wildman–Crippen LogP) is 4.37. The van der Waals surface area contributed by atoms with E-state index in [-0.39, 0.29) is 11.8 Å². The number of carbonyl (C=O) groups excluding carboxylic acids is 2. The van der Waals surface area contributed by atoms with Crippen LogP contribution >= 0.6 is 0 Å². The van der Waals surface area contributed by atoms with E-state index in [9.17, 15) is 9.59 Å². The molecule has 6 heteroatoms. The monoisotopic (exact) mass is 444 g/mol. The molecule has 33 heavy (non-hydrogen) atoms. The van der Waals surface area contributed by atoms with Crippen LogP contribution in [0.2, 0.25) is 0 Å². The summed E-state index contributed by atoms with van der Waals surface area (Å²) in [6, 6.07) is 22.3. The highest BCUT2D eigenvalue weighted by atomic mass is 16.5. The van der Waals surface area contributed by atoms with E-state index in [0.29, 0.717) is 30.8 Å². The van der Waals surface area contributed by atoms with Crippen molar-refractivity contribution in [1.29, 1.82) is 0 Å². The lowest BCUT2D eigenvalue weighted by Gasteiger charge is -2.44. The van der Waals surface area contributed by atoms with Crippen LogP contribution in [0.3, 0.4) is 0 Å². The molecule has 0 fully saturated rings. The Bertz CT molecular complexity index is 1140. The molecule has 0 aromatic heterocycles. The van der Waals surface area contributed by atoms with Crippen LogP contribution in [0.4, 0.5) is 5.69 Å². The van der Waals surface area contributed by atoms with Crippen molar-refractivity contribution in [3.05, 3.63) is 89.5 Å². The molecule has 1 atom stereocenters. The lowest BCUT2D eigenvalue weighted by Crippen LogP contribution is -2.63. The van der Waals surface area contributed by atoms with Crippen molar-refractivity contribution in [2.75, 3.05) is 18.6 Å². The average Bonchev–Trinajstić information content (AvgIpc) is 2.84. The number of benzene rings is 3. The van der Waals surface area contributed by atoms with Gasteiger partial charge in [0, 0.05) is 24.2 Å². The van der Waals surface area contributed by atoms with Crippen LogP contribution in [0.1, 0.15) is 35.3 Å². The average molecular weight is 445 g/mol. The summed E-state index contributed by atoms with van der Waals surface area (Å²) in [7, 11) is 1.62. The van der Waals surface area contributed by atoms with Gasteiger partial charge in [-0.05, 0) is 67.4 Å². The van der Waals surface area contributed by atoms with Gasteiger partial charge in [-0.2, -0.15) is 0 Å². The van der Waals surface area contributed by atoms with Gasteiger partial charge in [0.2, 0.25) is 5.91 Å². The molecule has 1 aliphatic rings. The summed E-state index contributed by atoms with van der Waals surface area (Å²) in [5.74, 6) is 1.07. The van der Waals surface area contributed by atoms with Gasteiger partial charge in [-0.3, -0.25) is 14.5 Å². The van der Waals surface area contributed by atoms with E-state index in [1.54, 1.807) is 12.0 Å². The van der Waals surface area contributed by atoms with Gasteiger partial charge >= 0.3 is 0 Å². The highest BCUT2D eigenvalue weighted by Gasteiger charge is 2.47. The maximum Gasteiger partial charge on any atom is 0.259 e. The van der Waals surface area contributed by atoms with Crippen LogP contribution in [0, 0.1) is 0 Å². The predicted molar refractivity (Wildman–Crippen MR) is 128 cm³/mol. The highest BCUT2D eigenvalue weighted by molar-refractivity contribution is 6.14. The molecule has 0 unspecified atom stereocenters. The summed E-state index contributed by atoms with van der Waals surface area (Å²) in [4.78, 5) is 28.8. The second kappa shape index (κ2) is 9.36. The molecule has 1 heterocycles. The molecule has 0 radical (unpaired) electrons. The third-order valence-corrected chi connectivity index (χ3v) is 5.99. The minimum absolute atomic E-state index is 0.192. The van der Waals surface area contributed by atoms with Crippen LogP contribution in [0.15, 0.2) is 72.8 Å². The lowest BCUT2D eigenvalue weighted by molar-refractivity contribution is -0.126. The van der Waals surface area contributed by atoms with Gasteiger partial charge in [0.15, 0.2) is 0 Å². The van der Waals surface area contributed by atoms with E-state index in [1.165, 1.54) is 0 Å². The Morgan fingerprint density at radius 3 is 2.33 bits per heavy atom. The first-order chi connectivity index (χ1) is 16.0. The third-order valence-electron chi connectivity index (χ3n) is 5.99. The number of fused-ring (bicyclic) bond motifs is 1. The van der Waals surface area contributed by atoms with Crippen LogP contribution in [-0.2, 0) is 17.8 Å². The molecular weight excluding hydrogens is 416 g/mol. The normalized spacial score (nSPS) is 17.3. The summed E-state index contributed by atoms with van der Waals surface area (Å²) < 4.78 is 10.7. The smallest absolute Gasteiger partial charge is 0.259 e. The van der Waals surface area contributed by atoms with Gasteiger partial charge in [0.25, 0.3) is 5.91 Å². The zero-order valence-electron chi connectivity index (χ0n) is 19.1. The third kappa shape index (κ3) is 4.42. The number of rotatable bonds is 7. The Labute approximate surface area is 194 Å². The Balaban J connectivity index is 1.65. The van der Waals surface area contributed by atoms with Crippen molar-refractivity contribution >= 4 is 17.5 Å². The number of methoxy groups -OCH3 is 1. The Hall–Kier alpha value is -3.80. The molecule has 170 valence electrons. The zero-order valence-corrected chi connectivity index (χ0v) is 19.1. The molecule has 0 saturated heterocycles. The number of nitrogens with one attached hydrogen (secondary N) is 1. The molecule has 2 amide bonds. The van der Waals surface area contributed by atoms with Gasteiger partial charge in [-0.25, -0.2) is 0 Å². The molecule has 3 aromatic rings. The fourth-order valence-electron chi connectivity index (χ4n) is 4.24. The number of nitrogens with zero attached hydrogens (tertiary/aromatic N) is 1. The Kier molecular flexibility index (Phi) is 6.36. The Morgan fingerprint density at radius 1 is 1.00 bits per heavy atom. The lowest BCUT2D eigenvalue weighted by atomic mass is 9.82. The van der Waals surface area contributed by atoms with E-state index in [4.69, 9.17) is 9.47 Å². The molecule has 0 aliphatic carbocycles. The highest BCUT2D eigenvalue weighted by Crippen LogP contribution is 2.36. The van der Waals surface area contributed by atoms with E-state index in [2.05, 4.69) is 5.32 Å². The van der Waals surface area contributed by atoms with Crippen molar-refractivity contribution in [3.63, 3.8) is 0 Å². The van der Waals surface area contributed by atoms with Crippen molar-refractivity contribution in [1.82, 2.24) is 5.32 Å². The largest absolute Gasteiger partial charge is 0.497 e. The SMILES string of the molecule is CCOc1ccc(N2C(=O)c3ccccc3C[C@]2(C)C(=O)NCc2ccc(OC)cc2)cc1. The summed E-state index contributed by atoms with van der Waals surface area (Å²) in [6.07, 6.45) is 0.413.